The Hall–Kier alpha value is -2.34. The number of rotatable bonds is 5. The van der Waals surface area contributed by atoms with Crippen molar-refractivity contribution >= 4 is 28.8 Å². The number of anilines is 1. The molecule has 21 heavy (non-hydrogen) atoms. The monoisotopic (exact) mass is 304 g/mol. The van der Waals surface area contributed by atoms with E-state index in [4.69, 9.17) is 27.1 Å². The summed E-state index contributed by atoms with van der Waals surface area (Å²) in [6.45, 7) is 1.92. The van der Waals surface area contributed by atoms with E-state index in [0.717, 1.165) is 0 Å². The molecule has 110 valence electrons. The first-order valence-corrected chi connectivity index (χ1v) is 6.83. The van der Waals surface area contributed by atoms with Crippen LogP contribution < -0.4 is 15.8 Å². The standard InChI is InChI=1S/C15H16N2O3S/c1-3-11-9(7-8-20-11)15(18)17-13-10(14(16)21)5-4-6-12(13)19-2/h4-8H,3H2,1-2H3,(H2,16,21)(H,17,18). The van der Waals surface area contributed by atoms with Crippen LogP contribution in [0.25, 0.3) is 0 Å². The molecular weight excluding hydrogens is 288 g/mol. The van der Waals surface area contributed by atoms with Crippen LogP contribution >= 0.6 is 12.2 Å². The van der Waals surface area contributed by atoms with Crippen LogP contribution in [-0.2, 0) is 6.42 Å². The molecule has 2 aromatic rings. The van der Waals surface area contributed by atoms with Gasteiger partial charge in [-0.2, -0.15) is 0 Å². The Morgan fingerprint density at radius 2 is 2.14 bits per heavy atom. The van der Waals surface area contributed by atoms with Gasteiger partial charge in [-0.3, -0.25) is 4.79 Å². The summed E-state index contributed by atoms with van der Waals surface area (Å²) in [5.41, 5.74) is 7.19. The highest BCUT2D eigenvalue weighted by Crippen LogP contribution is 2.29. The fourth-order valence-electron chi connectivity index (χ4n) is 2.03. The number of benzene rings is 1. The molecule has 0 radical (unpaired) electrons. The van der Waals surface area contributed by atoms with Crippen molar-refractivity contribution in [3.05, 3.63) is 47.4 Å². The highest BCUT2D eigenvalue weighted by molar-refractivity contribution is 7.80. The van der Waals surface area contributed by atoms with E-state index in [9.17, 15) is 4.79 Å². The van der Waals surface area contributed by atoms with Gasteiger partial charge in [-0.1, -0.05) is 25.2 Å². The molecule has 1 aromatic carbocycles. The topological polar surface area (TPSA) is 77.5 Å². The predicted molar refractivity (Wildman–Crippen MR) is 84.9 cm³/mol. The first-order chi connectivity index (χ1) is 10.1. The second kappa shape index (κ2) is 6.41. The normalized spacial score (nSPS) is 10.2. The number of para-hydroxylation sites is 1. The molecule has 0 aliphatic carbocycles. The molecule has 0 aliphatic heterocycles. The van der Waals surface area contributed by atoms with Gasteiger partial charge in [0, 0.05) is 12.0 Å². The zero-order valence-corrected chi connectivity index (χ0v) is 12.6. The lowest BCUT2D eigenvalue weighted by Gasteiger charge is -2.14. The minimum atomic E-state index is -0.289. The number of carbonyl (C=O) groups excluding carboxylic acids is 1. The zero-order chi connectivity index (χ0) is 15.4. The SMILES string of the molecule is CCc1occc1C(=O)Nc1c(OC)cccc1C(N)=S. The van der Waals surface area contributed by atoms with Crippen molar-refractivity contribution in [3.8, 4) is 5.75 Å². The van der Waals surface area contributed by atoms with Gasteiger partial charge in [0.05, 0.1) is 24.6 Å². The highest BCUT2D eigenvalue weighted by atomic mass is 32.1. The second-order valence-corrected chi connectivity index (χ2v) is 4.75. The number of methoxy groups -OCH3 is 1. The molecular formula is C15H16N2O3S. The van der Waals surface area contributed by atoms with Gasteiger partial charge in [-0.15, -0.1) is 0 Å². The molecule has 2 rings (SSSR count). The van der Waals surface area contributed by atoms with Gasteiger partial charge in [-0.25, -0.2) is 0 Å². The number of amides is 1. The molecule has 1 amide bonds. The number of aryl methyl sites for hydroxylation is 1. The number of furan rings is 1. The molecule has 1 heterocycles. The van der Waals surface area contributed by atoms with Crippen LogP contribution in [0.3, 0.4) is 0 Å². The third-order valence-corrected chi connectivity index (χ3v) is 3.28. The molecule has 1 aromatic heterocycles. The van der Waals surface area contributed by atoms with E-state index in [-0.39, 0.29) is 10.9 Å². The number of nitrogens with one attached hydrogen (secondary N) is 1. The number of ether oxygens (including phenoxy) is 1. The summed E-state index contributed by atoms with van der Waals surface area (Å²) in [5.74, 6) is 0.831. The van der Waals surface area contributed by atoms with Crippen molar-refractivity contribution < 1.29 is 13.9 Å². The van der Waals surface area contributed by atoms with Gasteiger partial charge in [0.2, 0.25) is 0 Å². The molecule has 0 fully saturated rings. The predicted octanol–water partition coefficient (Wildman–Crippen LogP) is 2.74. The fourth-order valence-corrected chi connectivity index (χ4v) is 2.20. The third kappa shape index (κ3) is 3.05. The van der Waals surface area contributed by atoms with Crippen molar-refractivity contribution in [1.29, 1.82) is 0 Å². The van der Waals surface area contributed by atoms with Crippen molar-refractivity contribution in [2.45, 2.75) is 13.3 Å². The van der Waals surface area contributed by atoms with Crippen molar-refractivity contribution in [2.24, 2.45) is 5.73 Å². The minimum absolute atomic E-state index is 0.187. The number of nitrogens with two attached hydrogens (primary N) is 1. The molecule has 0 aliphatic rings. The molecule has 6 heteroatoms. The van der Waals surface area contributed by atoms with Crippen LogP contribution in [-0.4, -0.2) is 18.0 Å². The lowest BCUT2D eigenvalue weighted by Crippen LogP contribution is -2.18. The Bertz CT molecular complexity index is 679. The maximum atomic E-state index is 12.4. The second-order valence-electron chi connectivity index (χ2n) is 4.31. The third-order valence-electron chi connectivity index (χ3n) is 3.06. The van der Waals surface area contributed by atoms with Gasteiger partial charge in [0.25, 0.3) is 5.91 Å². The van der Waals surface area contributed by atoms with Crippen LogP contribution in [0.5, 0.6) is 5.75 Å². The summed E-state index contributed by atoms with van der Waals surface area (Å²) in [6.07, 6.45) is 2.12. The Labute approximate surface area is 128 Å². The van der Waals surface area contributed by atoms with E-state index >= 15 is 0 Å². The van der Waals surface area contributed by atoms with Gasteiger partial charge in [0.15, 0.2) is 0 Å². The lowest BCUT2D eigenvalue weighted by molar-refractivity contribution is 0.102. The van der Waals surface area contributed by atoms with Crippen LogP contribution in [0.4, 0.5) is 5.69 Å². The Kier molecular flexibility index (Phi) is 4.59. The van der Waals surface area contributed by atoms with Crippen molar-refractivity contribution in [3.63, 3.8) is 0 Å². The van der Waals surface area contributed by atoms with E-state index in [1.807, 2.05) is 6.92 Å². The molecule has 0 unspecified atom stereocenters. The molecule has 0 saturated heterocycles. The van der Waals surface area contributed by atoms with Crippen molar-refractivity contribution in [2.75, 3.05) is 12.4 Å². The quantitative estimate of drug-likeness (QED) is 0.831. The van der Waals surface area contributed by atoms with Gasteiger partial charge < -0.3 is 20.2 Å². The number of carbonyl (C=O) groups is 1. The summed E-state index contributed by atoms with van der Waals surface area (Å²) in [6, 6.07) is 6.85. The number of thiocarbonyl (C=S) groups is 1. The summed E-state index contributed by atoms with van der Waals surface area (Å²) in [5, 5.41) is 2.80. The van der Waals surface area contributed by atoms with E-state index in [2.05, 4.69) is 5.32 Å². The fraction of sp³-hybridized carbons (Fsp3) is 0.200. The Morgan fingerprint density at radius 1 is 1.38 bits per heavy atom. The van der Waals surface area contributed by atoms with Gasteiger partial charge in [-0.05, 0) is 18.2 Å². The first-order valence-electron chi connectivity index (χ1n) is 6.43. The van der Waals surface area contributed by atoms with Crippen LogP contribution in [0.2, 0.25) is 0 Å². The van der Waals surface area contributed by atoms with Gasteiger partial charge >= 0.3 is 0 Å². The summed E-state index contributed by atoms with van der Waals surface area (Å²) < 4.78 is 10.5. The molecule has 3 N–H and O–H groups in total. The molecule has 5 nitrogen and oxygen atoms in total. The molecule has 0 spiro atoms. The van der Waals surface area contributed by atoms with Gasteiger partial charge in [0.1, 0.15) is 16.5 Å². The lowest BCUT2D eigenvalue weighted by atomic mass is 10.1. The molecule has 0 atom stereocenters. The Morgan fingerprint density at radius 3 is 2.76 bits per heavy atom. The summed E-state index contributed by atoms with van der Waals surface area (Å²) in [4.78, 5) is 12.6. The summed E-state index contributed by atoms with van der Waals surface area (Å²) >= 11 is 5.01. The average Bonchev–Trinajstić information content (AvgIpc) is 2.95. The zero-order valence-electron chi connectivity index (χ0n) is 11.8. The van der Waals surface area contributed by atoms with Crippen LogP contribution in [0.1, 0.15) is 28.6 Å². The van der Waals surface area contributed by atoms with E-state index in [1.165, 1.54) is 13.4 Å². The first kappa shape index (κ1) is 15.1. The van der Waals surface area contributed by atoms with E-state index in [0.29, 0.717) is 34.7 Å². The van der Waals surface area contributed by atoms with Crippen LogP contribution in [0.15, 0.2) is 34.9 Å². The number of hydrogen-bond acceptors (Lipinski definition) is 4. The molecule has 0 bridgehead atoms. The van der Waals surface area contributed by atoms with Crippen molar-refractivity contribution in [1.82, 2.24) is 0 Å². The Balaban J connectivity index is 2.39. The minimum Gasteiger partial charge on any atom is -0.495 e. The maximum Gasteiger partial charge on any atom is 0.259 e. The van der Waals surface area contributed by atoms with E-state index < -0.39 is 0 Å². The smallest absolute Gasteiger partial charge is 0.259 e. The number of hydrogen-bond donors (Lipinski definition) is 2. The summed E-state index contributed by atoms with van der Waals surface area (Å²) in [7, 11) is 1.52. The maximum absolute atomic E-state index is 12.4. The van der Waals surface area contributed by atoms with Crippen LogP contribution in [0, 0.1) is 0 Å². The van der Waals surface area contributed by atoms with E-state index in [1.54, 1.807) is 24.3 Å². The highest BCUT2D eigenvalue weighted by Gasteiger charge is 2.18. The average molecular weight is 304 g/mol. The largest absolute Gasteiger partial charge is 0.495 e. The molecule has 0 saturated carbocycles.